The summed E-state index contributed by atoms with van der Waals surface area (Å²) in [7, 11) is 1.82. The van der Waals surface area contributed by atoms with E-state index in [0.29, 0.717) is 12.1 Å². The molecule has 1 aromatic heterocycles. The lowest BCUT2D eigenvalue weighted by molar-refractivity contribution is -0.147. The van der Waals surface area contributed by atoms with Crippen LogP contribution in [0.1, 0.15) is 62.8 Å². The van der Waals surface area contributed by atoms with Crippen molar-refractivity contribution in [3.05, 3.63) is 11.4 Å². The maximum absolute atomic E-state index is 11.9. The highest BCUT2D eigenvalue weighted by molar-refractivity contribution is 5.93. The van der Waals surface area contributed by atoms with Gasteiger partial charge in [0, 0.05) is 13.5 Å². The highest BCUT2D eigenvalue weighted by Gasteiger charge is 2.16. The van der Waals surface area contributed by atoms with E-state index in [9.17, 15) is 9.59 Å². The molecule has 0 unspecified atom stereocenters. The fraction of sp³-hybridized carbons (Fsp3) is 0.722. The number of rotatable bonds is 7. The summed E-state index contributed by atoms with van der Waals surface area (Å²) < 4.78 is 6.78. The molecule has 1 aromatic rings. The molecule has 1 aliphatic carbocycles. The van der Waals surface area contributed by atoms with Gasteiger partial charge in [-0.05, 0) is 32.6 Å². The van der Waals surface area contributed by atoms with Gasteiger partial charge in [-0.15, -0.1) is 0 Å². The molecular formula is C18H29N3O3. The molecule has 1 saturated carbocycles. The number of ether oxygens (including phenoxy) is 1. The van der Waals surface area contributed by atoms with Crippen LogP contribution in [0.5, 0.6) is 0 Å². The number of aromatic nitrogens is 2. The second kappa shape index (κ2) is 8.85. The minimum Gasteiger partial charge on any atom is -0.456 e. The Hall–Kier alpha value is -1.85. The van der Waals surface area contributed by atoms with Crippen molar-refractivity contribution in [1.82, 2.24) is 9.78 Å². The summed E-state index contributed by atoms with van der Waals surface area (Å²) in [5.74, 6) is 0.154. The van der Waals surface area contributed by atoms with Gasteiger partial charge in [0.05, 0.1) is 17.1 Å². The zero-order chi connectivity index (χ0) is 17.5. The third-order valence-corrected chi connectivity index (χ3v) is 4.86. The van der Waals surface area contributed by atoms with Gasteiger partial charge in [0.2, 0.25) is 0 Å². The number of aryl methyl sites for hydroxylation is 2. The molecule has 0 spiro atoms. The van der Waals surface area contributed by atoms with Crippen LogP contribution in [0.2, 0.25) is 0 Å². The zero-order valence-corrected chi connectivity index (χ0v) is 15.1. The minimum absolute atomic E-state index is 0.240. The Kier molecular flexibility index (Phi) is 6.82. The molecule has 24 heavy (non-hydrogen) atoms. The molecule has 0 saturated heterocycles. The second-order valence-electron chi connectivity index (χ2n) is 6.77. The summed E-state index contributed by atoms with van der Waals surface area (Å²) in [5.41, 5.74) is 2.32. The lowest BCUT2D eigenvalue weighted by Crippen LogP contribution is -2.21. The topological polar surface area (TPSA) is 73.2 Å². The van der Waals surface area contributed by atoms with Gasteiger partial charge in [-0.2, -0.15) is 5.10 Å². The number of carbonyl (C=O) groups is 2. The van der Waals surface area contributed by atoms with Crippen LogP contribution in [-0.2, 0) is 21.4 Å². The lowest BCUT2D eigenvalue weighted by Gasteiger charge is -2.20. The Morgan fingerprint density at radius 1 is 1.25 bits per heavy atom. The van der Waals surface area contributed by atoms with E-state index in [1.54, 1.807) is 4.68 Å². The number of esters is 1. The molecule has 0 bridgehead atoms. The van der Waals surface area contributed by atoms with Crippen molar-refractivity contribution in [2.75, 3.05) is 11.9 Å². The Morgan fingerprint density at radius 3 is 2.58 bits per heavy atom. The van der Waals surface area contributed by atoms with Gasteiger partial charge in [0.15, 0.2) is 6.61 Å². The third kappa shape index (κ3) is 5.35. The van der Waals surface area contributed by atoms with Crippen LogP contribution in [0.15, 0.2) is 0 Å². The summed E-state index contributed by atoms with van der Waals surface area (Å²) in [6, 6.07) is 0. The molecule has 6 heteroatoms. The Bertz CT molecular complexity index is 574. The summed E-state index contributed by atoms with van der Waals surface area (Å²) in [5, 5.41) is 7.00. The number of anilines is 1. The maximum atomic E-state index is 11.9. The fourth-order valence-corrected chi connectivity index (χ4v) is 3.36. The first-order valence-corrected chi connectivity index (χ1v) is 8.93. The van der Waals surface area contributed by atoms with Crippen LogP contribution in [0, 0.1) is 19.8 Å². The smallest absolute Gasteiger partial charge is 0.306 e. The largest absolute Gasteiger partial charge is 0.456 e. The van der Waals surface area contributed by atoms with Gasteiger partial charge in [-0.3, -0.25) is 14.3 Å². The molecule has 2 rings (SSSR count). The van der Waals surface area contributed by atoms with E-state index in [1.165, 1.54) is 32.1 Å². The van der Waals surface area contributed by atoms with Gasteiger partial charge in [0.1, 0.15) is 0 Å². The van der Waals surface area contributed by atoms with E-state index < -0.39 is 0 Å². The molecule has 1 N–H and O–H groups in total. The molecule has 6 nitrogen and oxygen atoms in total. The van der Waals surface area contributed by atoms with Gasteiger partial charge in [-0.25, -0.2) is 0 Å². The molecule has 0 aromatic carbocycles. The van der Waals surface area contributed by atoms with Crippen molar-refractivity contribution >= 4 is 17.6 Å². The van der Waals surface area contributed by atoms with Crippen molar-refractivity contribution in [3.63, 3.8) is 0 Å². The van der Waals surface area contributed by atoms with Crippen LogP contribution in [0.25, 0.3) is 0 Å². The summed E-state index contributed by atoms with van der Waals surface area (Å²) in [4.78, 5) is 23.7. The average molecular weight is 335 g/mol. The van der Waals surface area contributed by atoms with Crippen LogP contribution < -0.4 is 5.32 Å². The molecule has 1 fully saturated rings. The highest BCUT2D eigenvalue weighted by atomic mass is 16.5. The summed E-state index contributed by atoms with van der Waals surface area (Å²) in [6.07, 6.45) is 8.92. The number of nitrogens with zero attached hydrogens (tertiary/aromatic N) is 2. The molecule has 1 aliphatic rings. The summed E-state index contributed by atoms with van der Waals surface area (Å²) in [6.45, 7) is 3.48. The number of carbonyl (C=O) groups excluding carboxylic acids is 2. The van der Waals surface area contributed by atoms with Gasteiger partial charge in [-0.1, -0.05) is 32.1 Å². The van der Waals surface area contributed by atoms with Crippen LogP contribution >= 0.6 is 0 Å². The molecule has 0 radical (unpaired) electrons. The second-order valence-corrected chi connectivity index (χ2v) is 6.77. The third-order valence-electron chi connectivity index (χ3n) is 4.86. The first-order valence-electron chi connectivity index (χ1n) is 8.93. The SMILES string of the molecule is Cc1nn(C)c(C)c1NC(=O)COC(=O)CCCC1CCCCC1. The summed E-state index contributed by atoms with van der Waals surface area (Å²) >= 11 is 0. The van der Waals surface area contributed by atoms with E-state index in [0.717, 1.165) is 30.1 Å². The average Bonchev–Trinajstić information content (AvgIpc) is 2.80. The normalized spacial score (nSPS) is 15.3. The van der Waals surface area contributed by atoms with E-state index >= 15 is 0 Å². The first kappa shape index (κ1) is 18.5. The number of hydrogen-bond donors (Lipinski definition) is 1. The van der Waals surface area contributed by atoms with E-state index in [4.69, 9.17) is 4.74 Å². The number of hydrogen-bond acceptors (Lipinski definition) is 4. The Balaban J connectivity index is 1.64. The molecule has 1 amide bonds. The van der Waals surface area contributed by atoms with E-state index in [1.807, 2.05) is 20.9 Å². The van der Waals surface area contributed by atoms with E-state index in [2.05, 4.69) is 10.4 Å². The number of amides is 1. The van der Waals surface area contributed by atoms with Crippen molar-refractivity contribution in [2.45, 2.75) is 65.2 Å². The quantitative estimate of drug-likeness (QED) is 0.776. The van der Waals surface area contributed by atoms with Gasteiger partial charge in [0.25, 0.3) is 5.91 Å². The maximum Gasteiger partial charge on any atom is 0.306 e. The first-order chi connectivity index (χ1) is 11.5. The molecule has 134 valence electrons. The van der Waals surface area contributed by atoms with Crippen LogP contribution in [0.4, 0.5) is 5.69 Å². The Morgan fingerprint density at radius 2 is 1.96 bits per heavy atom. The molecule has 1 heterocycles. The van der Waals surface area contributed by atoms with Crippen molar-refractivity contribution in [1.29, 1.82) is 0 Å². The molecule has 0 atom stereocenters. The predicted molar refractivity (Wildman–Crippen MR) is 92.7 cm³/mol. The van der Waals surface area contributed by atoms with Crippen molar-refractivity contribution in [3.8, 4) is 0 Å². The fourth-order valence-electron chi connectivity index (χ4n) is 3.36. The van der Waals surface area contributed by atoms with Gasteiger partial charge >= 0.3 is 5.97 Å². The predicted octanol–water partition coefficient (Wildman–Crippen LogP) is 3.27. The standard InChI is InChI=1S/C18H29N3O3/c1-13-18(14(2)21(3)20-13)19-16(22)12-24-17(23)11-7-10-15-8-5-4-6-9-15/h15H,4-12H2,1-3H3,(H,19,22). The Labute approximate surface area is 143 Å². The highest BCUT2D eigenvalue weighted by Crippen LogP contribution is 2.27. The lowest BCUT2D eigenvalue weighted by atomic mass is 9.86. The number of nitrogens with one attached hydrogen (secondary N) is 1. The van der Waals surface area contributed by atoms with E-state index in [-0.39, 0.29) is 18.5 Å². The van der Waals surface area contributed by atoms with Crippen molar-refractivity contribution in [2.24, 2.45) is 13.0 Å². The van der Waals surface area contributed by atoms with Crippen molar-refractivity contribution < 1.29 is 14.3 Å². The molecular weight excluding hydrogens is 306 g/mol. The van der Waals surface area contributed by atoms with Crippen LogP contribution in [0.3, 0.4) is 0 Å². The van der Waals surface area contributed by atoms with Crippen LogP contribution in [-0.4, -0.2) is 28.3 Å². The zero-order valence-electron chi connectivity index (χ0n) is 15.1. The molecule has 0 aliphatic heterocycles. The minimum atomic E-state index is -0.324. The van der Waals surface area contributed by atoms with Gasteiger partial charge < -0.3 is 10.1 Å². The monoisotopic (exact) mass is 335 g/mol.